The van der Waals surface area contributed by atoms with E-state index in [9.17, 15) is 13.2 Å². The van der Waals surface area contributed by atoms with Crippen molar-refractivity contribution in [2.75, 3.05) is 6.61 Å². The van der Waals surface area contributed by atoms with Crippen molar-refractivity contribution in [3.05, 3.63) is 70.8 Å². The monoisotopic (exact) mass is 426 g/mol. The number of nitrogens with zero attached hydrogens (tertiary/aromatic N) is 2. The maximum atomic E-state index is 14.0. The van der Waals surface area contributed by atoms with E-state index in [1.54, 1.807) is 18.2 Å². The van der Waals surface area contributed by atoms with E-state index >= 15 is 0 Å². The van der Waals surface area contributed by atoms with E-state index in [2.05, 4.69) is 10.3 Å². The van der Waals surface area contributed by atoms with Crippen molar-refractivity contribution in [2.24, 2.45) is 0 Å². The van der Waals surface area contributed by atoms with E-state index in [0.717, 1.165) is 16.7 Å². The Kier molecular flexibility index (Phi) is 4.66. The van der Waals surface area contributed by atoms with Gasteiger partial charge < -0.3 is 14.2 Å². The van der Waals surface area contributed by atoms with Crippen molar-refractivity contribution >= 4 is 0 Å². The summed E-state index contributed by atoms with van der Waals surface area (Å²) in [5, 5.41) is 17.0. The zero-order chi connectivity index (χ0) is 21.6. The maximum Gasteiger partial charge on any atom is 0.422 e. The molecule has 0 atom stereocenters. The highest BCUT2D eigenvalue weighted by molar-refractivity contribution is 5.79. The molecule has 0 bridgehead atoms. The summed E-state index contributed by atoms with van der Waals surface area (Å²) in [5.41, 5.74) is 2.87. The summed E-state index contributed by atoms with van der Waals surface area (Å²) in [5.74, 6) is -0.364. The minimum atomic E-state index is -4.69. The molecule has 0 amide bonds. The van der Waals surface area contributed by atoms with Gasteiger partial charge in [0.15, 0.2) is 17.2 Å². The average Bonchev–Trinajstić information content (AvgIpc) is 3.38. The first-order valence-corrected chi connectivity index (χ1v) is 9.81. The van der Waals surface area contributed by atoms with Crippen LogP contribution in [0.15, 0.2) is 57.6 Å². The lowest BCUT2D eigenvalue weighted by Gasteiger charge is -2.16. The molecular formula is C23H17F3N2O3. The number of fused-ring (bicyclic) bond motifs is 3. The second kappa shape index (κ2) is 7.39. The zero-order valence-electron chi connectivity index (χ0n) is 16.2. The molecule has 5 nitrogen and oxygen atoms in total. The van der Waals surface area contributed by atoms with Gasteiger partial charge in [-0.3, -0.25) is 0 Å². The summed E-state index contributed by atoms with van der Waals surface area (Å²) in [6.07, 6.45) is -3.05. The number of alkyl halides is 3. The van der Waals surface area contributed by atoms with Crippen molar-refractivity contribution < 1.29 is 27.3 Å². The standard InChI is InChI=1S/C23H17F3N2O3/c24-23(25,26)18-20(28-30-21(18)14-4-2-1-3-5-14)22-17-9-7-15-12-13(10-11-29)6-8-16(15)19(17)27-31-22/h1-6,8,12,29H,7,9-11H2. The fraction of sp³-hybridized carbons (Fsp3) is 0.217. The number of benzene rings is 2. The fourth-order valence-corrected chi connectivity index (χ4v) is 4.06. The molecule has 158 valence electrons. The van der Waals surface area contributed by atoms with Crippen molar-refractivity contribution in [3.63, 3.8) is 0 Å². The van der Waals surface area contributed by atoms with Gasteiger partial charge in [-0.05, 0) is 30.4 Å². The van der Waals surface area contributed by atoms with Gasteiger partial charge in [0.05, 0.1) is 0 Å². The molecule has 5 rings (SSSR count). The smallest absolute Gasteiger partial charge is 0.396 e. The highest BCUT2D eigenvalue weighted by Crippen LogP contribution is 2.46. The first-order chi connectivity index (χ1) is 15.0. The first-order valence-electron chi connectivity index (χ1n) is 9.81. The minimum Gasteiger partial charge on any atom is -0.396 e. The predicted molar refractivity (Wildman–Crippen MR) is 106 cm³/mol. The Morgan fingerprint density at radius 2 is 1.65 bits per heavy atom. The summed E-state index contributed by atoms with van der Waals surface area (Å²) >= 11 is 0. The van der Waals surface area contributed by atoms with Crippen LogP contribution in [-0.2, 0) is 25.4 Å². The number of hydrogen-bond acceptors (Lipinski definition) is 5. The van der Waals surface area contributed by atoms with Crippen LogP contribution < -0.4 is 0 Å². The van der Waals surface area contributed by atoms with Crippen molar-refractivity contribution in [2.45, 2.75) is 25.4 Å². The quantitative estimate of drug-likeness (QED) is 0.479. The Morgan fingerprint density at radius 1 is 0.903 bits per heavy atom. The number of aromatic nitrogens is 2. The Bertz CT molecular complexity index is 1240. The highest BCUT2D eigenvalue weighted by atomic mass is 19.4. The van der Waals surface area contributed by atoms with E-state index in [1.807, 2.05) is 18.2 Å². The summed E-state index contributed by atoms with van der Waals surface area (Å²) in [6, 6.07) is 13.8. The lowest BCUT2D eigenvalue weighted by Crippen LogP contribution is -2.09. The molecule has 0 saturated carbocycles. The Balaban J connectivity index is 1.63. The average molecular weight is 426 g/mol. The highest BCUT2D eigenvalue weighted by Gasteiger charge is 2.43. The number of aliphatic hydroxyl groups is 1. The van der Waals surface area contributed by atoms with E-state index in [1.165, 1.54) is 12.1 Å². The van der Waals surface area contributed by atoms with Crippen LogP contribution in [0.3, 0.4) is 0 Å². The van der Waals surface area contributed by atoms with Crippen molar-refractivity contribution in [3.8, 4) is 34.0 Å². The first kappa shape index (κ1) is 19.6. The van der Waals surface area contributed by atoms with Gasteiger partial charge in [0.2, 0.25) is 0 Å². The largest absolute Gasteiger partial charge is 0.422 e. The second-order valence-corrected chi connectivity index (χ2v) is 7.40. The molecule has 0 spiro atoms. The Morgan fingerprint density at radius 3 is 2.39 bits per heavy atom. The van der Waals surface area contributed by atoms with Crippen LogP contribution in [0.5, 0.6) is 0 Å². The summed E-state index contributed by atoms with van der Waals surface area (Å²) < 4.78 is 52.6. The van der Waals surface area contributed by atoms with Gasteiger partial charge in [-0.2, -0.15) is 13.2 Å². The Hall–Kier alpha value is -3.39. The number of hydrogen-bond donors (Lipinski definition) is 1. The molecule has 2 aromatic heterocycles. The summed E-state index contributed by atoms with van der Waals surface area (Å²) in [4.78, 5) is 0. The van der Waals surface area contributed by atoms with Crippen LogP contribution in [0.4, 0.5) is 13.2 Å². The molecule has 31 heavy (non-hydrogen) atoms. The maximum absolute atomic E-state index is 14.0. The van der Waals surface area contributed by atoms with E-state index in [-0.39, 0.29) is 29.4 Å². The van der Waals surface area contributed by atoms with Crippen molar-refractivity contribution in [1.82, 2.24) is 10.3 Å². The van der Waals surface area contributed by atoms with E-state index in [4.69, 9.17) is 14.2 Å². The molecule has 0 saturated heterocycles. The molecule has 8 heteroatoms. The molecule has 0 aliphatic heterocycles. The van der Waals surface area contributed by atoms with Gasteiger partial charge >= 0.3 is 6.18 Å². The number of rotatable bonds is 4. The number of aliphatic hydroxyl groups excluding tert-OH is 1. The van der Waals surface area contributed by atoms with Crippen LogP contribution in [-0.4, -0.2) is 22.0 Å². The van der Waals surface area contributed by atoms with E-state index < -0.39 is 11.7 Å². The van der Waals surface area contributed by atoms with Gasteiger partial charge in [0, 0.05) is 23.3 Å². The molecule has 0 radical (unpaired) electrons. The lowest BCUT2D eigenvalue weighted by molar-refractivity contribution is -0.136. The van der Waals surface area contributed by atoms with Crippen LogP contribution in [0, 0.1) is 0 Å². The zero-order valence-corrected chi connectivity index (χ0v) is 16.2. The van der Waals surface area contributed by atoms with Crippen LogP contribution >= 0.6 is 0 Å². The molecule has 1 aliphatic rings. The third-order valence-electron chi connectivity index (χ3n) is 5.48. The molecule has 1 aliphatic carbocycles. The molecule has 2 aromatic carbocycles. The number of aryl methyl sites for hydroxylation is 1. The van der Waals surface area contributed by atoms with Crippen LogP contribution in [0.25, 0.3) is 34.0 Å². The van der Waals surface area contributed by atoms with Gasteiger partial charge in [0.1, 0.15) is 11.3 Å². The normalized spacial score (nSPS) is 13.2. The topological polar surface area (TPSA) is 72.3 Å². The Labute approximate surface area is 175 Å². The van der Waals surface area contributed by atoms with Crippen molar-refractivity contribution in [1.29, 1.82) is 0 Å². The molecule has 0 fully saturated rings. The van der Waals surface area contributed by atoms with Crippen LogP contribution in [0.1, 0.15) is 22.3 Å². The number of halogens is 3. The second-order valence-electron chi connectivity index (χ2n) is 7.40. The van der Waals surface area contributed by atoms with Gasteiger partial charge in [-0.15, -0.1) is 0 Å². The minimum absolute atomic E-state index is 0.0154. The lowest BCUT2D eigenvalue weighted by atomic mass is 9.87. The molecule has 2 heterocycles. The predicted octanol–water partition coefficient (Wildman–Crippen LogP) is 5.32. The van der Waals surface area contributed by atoms with Crippen LogP contribution in [0.2, 0.25) is 0 Å². The third-order valence-corrected chi connectivity index (χ3v) is 5.48. The summed E-state index contributed by atoms with van der Waals surface area (Å²) in [7, 11) is 0. The van der Waals surface area contributed by atoms with E-state index in [0.29, 0.717) is 30.5 Å². The fourth-order valence-electron chi connectivity index (χ4n) is 4.06. The van der Waals surface area contributed by atoms with Gasteiger partial charge in [0.25, 0.3) is 0 Å². The van der Waals surface area contributed by atoms with Gasteiger partial charge in [-0.1, -0.05) is 58.8 Å². The SMILES string of the molecule is OCCc1ccc2c(c1)CCc1c-2noc1-c1noc(-c2ccccc2)c1C(F)(F)F. The third kappa shape index (κ3) is 3.33. The molecule has 1 N–H and O–H groups in total. The molecule has 0 unspecified atom stereocenters. The molecule has 4 aromatic rings. The van der Waals surface area contributed by atoms with Gasteiger partial charge in [-0.25, -0.2) is 0 Å². The molecular weight excluding hydrogens is 409 g/mol. The summed E-state index contributed by atoms with van der Waals surface area (Å²) in [6.45, 7) is 0.0499.